The number of likely N-dealkylation sites (tertiary alicyclic amines) is 1. The van der Waals surface area contributed by atoms with Crippen LogP contribution in [0.15, 0.2) is 16.3 Å². The van der Waals surface area contributed by atoms with Gasteiger partial charge < -0.3 is 10.0 Å². The molecule has 0 aromatic carbocycles. The van der Waals surface area contributed by atoms with Gasteiger partial charge in [0.15, 0.2) is 0 Å². The quantitative estimate of drug-likeness (QED) is 0.328. The van der Waals surface area contributed by atoms with Crippen molar-refractivity contribution in [1.82, 2.24) is 4.90 Å². The molecule has 15 heavy (non-hydrogen) atoms. The Labute approximate surface area is 87.8 Å². The van der Waals surface area contributed by atoms with E-state index in [0.29, 0.717) is 13.1 Å². The molecule has 0 aromatic rings. The van der Waals surface area contributed by atoms with E-state index >= 15 is 0 Å². The standard InChI is InChI=1S/C9H14N4O2/c1-6(9(2,3)11-12-10)7-4-13(5-7)8(14)15/h4-5H2,1-3H3,(H,14,15). The van der Waals surface area contributed by atoms with Crippen molar-refractivity contribution in [3.63, 3.8) is 0 Å². The highest BCUT2D eigenvalue weighted by Gasteiger charge is 2.30. The molecule has 1 N–H and O–H groups in total. The number of hydrogen-bond acceptors (Lipinski definition) is 2. The smallest absolute Gasteiger partial charge is 0.407 e. The lowest BCUT2D eigenvalue weighted by atomic mass is 9.89. The zero-order valence-electron chi connectivity index (χ0n) is 9.06. The minimum absolute atomic E-state index is 0.422. The molecule has 0 atom stereocenters. The summed E-state index contributed by atoms with van der Waals surface area (Å²) in [6, 6.07) is 0. The first-order valence-corrected chi connectivity index (χ1v) is 4.61. The molecule has 1 fully saturated rings. The molecule has 0 aliphatic carbocycles. The Morgan fingerprint density at radius 1 is 1.60 bits per heavy atom. The second-order valence-corrected chi connectivity index (χ2v) is 4.12. The molecule has 1 rings (SSSR count). The average molecular weight is 210 g/mol. The summed E-state index contributed by atoms with van der Waals surface area (Å²) in [6.07, 6.45) is -0.909. The lowest BCUT2D eigenvalue weighted by Gasteiger charge is -2.36. The second-order valence-electron chi connectivity index (χ2n) is 4.12. The summed E-state index contributed by atoms with van der Waals surface area (Å²) in [5.41, 5.74) is 9.81. The van der Waals surface area contributed by atoms with Crippen LogP contribution in [0.1, 0.15) is 20.8 Å². The first-order chi connectivity index (χ1) is 6.88. The van der Waals surface area contributed by atoms with E-state index in [1.807, 2.05) is 20.8 Å². The van der Waals surface area contributed by atoms with E-state index in [2.05, 4.69) is 10.0 Å². The predicted molar refractivity (Wildman–Crippen MR) is 55.5 cm³/mol. The van der Waals surface area contributed by atoms with Gasteiger partial charge in [-0.15, -0.1) is 0 Å². The van der Waals surface area contributed by atoms with Crippen molar-refractivity contribution < 1.29 is 9.90 Å². The van der Waals surface area contributed by atoms with Gasteiger partial charge in [0.05, 0.1) is 5.54 Å². The van der Waals surface area contributed by atoms with Crippen molar-refractivity contribution in [3.8, 4) is 0 Å². The summed E-state index contributed by atoms with van der Waals surface area (Å²) in [7, 11) is 0. The van der Waals surface area contributed by atoms with Crippen LogP contribution in [0.2, 0.25) is 0 Å². The van der Waals surface area contributed by atoms with Crippen LogP contribution in [0.25, 0.3) is 10.4 Å². The summed E-state index contributed by atoms with van der Waals surface area (Å²) in [6.45, 7) is 6.36. The first-order valence-electron chi connectivity index (χ1n) is 4.61. The van der Waals surface area contributed by atoms with Gasteiger partial charge in [0.1, 0.15) is 0 Å². The van der Waals surface area contributed by atoms with Crippen molar-refractivity contribution in [3.05, 3.63) is 21.6 Å². The number of carbonyl (C=O) groups is 1. The average Bonchev–Trinajstić information content (AvgIpc) is 1.99. The summed E-state index contributed by atoms with van der Waals surface area (Å²) in [5, 5.41) is 12.3. The molecule has 0 bridgehead atoms. The Bertz CT molecular complexity index is 358. The molecule has 1 aliphatic heterocycles. The third kappa shape index (κ3) is 2.22. The van der Waals surface area contributed by atoms with Crippen LogP contribution in [0.4, 0.5) is 4.79 Å². The van der Waals surface area contributed by atoms with Crippen LogP contribution in [-0.2, 0) is 0 Å². The number of hydrogen-bond donors (Lipinski definition) is 1. The molecule has 0 unspecified atom stereocenters. The van der Waals surface area contributed by atoms with E-state index in [0.717, 1.165) is 11.1 Å². The van der Waals surface area contributed by atoms with Gasteiger partial charge in [-0.1, -0.05) is 24.5 Å². The van der Waals surface area contributed by atoms with Crippen LogP contribution in [0.3, 0.4) is 0 Å². The van der Waals surface area contributed by atoms with Crippen molar-refractivity contribution in [2.75, 3.05) is 13.1 Å². The molecule has 0 radical (unpaired) electrons. The lowest BCUT2D eigenvalue weighted by Crippen LogP contribution is -2.45. The third-order valence-corrected chi connectivity index (χ3v) is 2.78. The maximum absolute atomic E-state index is 10.5. The summed E-state index contributed by atoms with van der Waals surface area (Å²) < 4.78 is 0. The summed E-state index contributed by atoms with van der Waals surface area (Å²) >= 11 is 0. The van der Waals surface area contributed by atoms with Crippen LogP contribution in [-0.4, -0.2) is 34.7 Å². The van der Waals surface area contributed by atoms with Gasteiger partial charge in [-0.2, -0.15) is 0 Å². The Kier molecular flexibility index (Phi) is 2.90. The summed E-state index contributed by atoms with van der Waals surface area (Å²) in [4.78, 5) is 14.6. The van der Waals surface area contributed by atoms with Gasteiger partial charge in [0, 0.05) is 18.0 Å². The number of azide groups is 1. The van der Waals surface area contributed by atoms with E-state index in [4.69, 9.17) is 10.6 Å². The molecule has 1 amide bonds. The zero-order chi connectivity index (χ0) is 11.6. The van der Waals surface area contributed by atoms with Gasteiger partial charge in [-0.05, 0) is 18.0 Å². The van der Waals surface area contributed by atoms with Crippen LogP contribution >= 0.6 is 0 Å². The molecule has 0 saturated carbocycles. The fourth-order valence-electron chi connectivity index (χ4n) is 1.41. The highest BCUT2D eigenvalue weighted by atomic mass is 16.4. The molecule has 0 spiro atoms. The first kappa shape index (κ1) is 11.4. The fraction of sp³-hybridized carbons (Fsp3) is 0.667. The van der Waals surface area contributed by atoms with Crippen molar-refractivity contribution >= 4 is 6.09 Å². The second kappa shape index (κ2) is 3.82. The molecular weight excluding hydrogens is 196 g/mol. The molecule has 0 aromatic heterocycles. The van der Waals surface area contributed by atoms with Crippen LogP contribution in [0, 0.1) is 0 Å². The largest absolute Gasteiger partial charge is 0.465 e. The van der Waals surface area contributed by atoms with E-state index in [-0.39, 0.29) is 0 Å². The van der Waals surface area contributed by atoms with Gasteiger partial charge in [0.25, 0.3) is 0 Å². The Morgan fingerprint density at radius 3 is 2.53 bits per heavy atom. The van der Waals surface area contributed by atoms with Gasteiger partial charge in [-0.3, -0.25) is 0 Å². The minimum Gasteiger partial charge on any atom is -0.465 e. The summed E-state index contributed by atoms with van der Waals surface area (Å²) in [5.74, 6) is 0. The Morgan fingerprint density at radius 2 is 2.13 bits per heavy atom. The van der Waals surface area contributed by atoms with E-state index < -0.39 is 11.6 Å². The van der Waals surface area contributed by atoms with Crippen LogP contribution in [0.5, 0.6) is 0 Å². The third-order valence-electron chi connectivity index (χ3n) is 2.78. The Hall–Kier alpha value is -1.68. The molecule has 1 saturated heterocycles. The van der Waals surface area contributed by atoms with E-state index in [9.17, 15) is 4.79 Å². The highest BCUT2D eigenvalue weighted by Crippen LogP contribution is 2.28. The van der Waals surface area contributed by atoms with Crippen molar-refractivity contribution in [1.29, 1.82) is 0 Å². The predicted octanol–water partition coefficient (Wildman–Crippen LogP) is 2.39. The normalized spacial score (nSPS) is 15.4. The minimum atomic E-state index is -0.909. The number of amides is 1. The molecule has 6 nitrogen and oxygen atoms in total. The zero-order valence-corrected chi connectivity index (χ0v) is 9.06. The van der Waals surface area contributed by atoms with E-state index in [1.54, 1.807) is 0 Å². The van der Waals surface area contributed by atoms with Gasteiger partial charge in [0.2, 0.25) is 0 Å². The Balaban J connectivity index is 2.78. The number of nitrogens with zero attached hydrogens (tertiary/aromatic N) is 4. The molecule has 1 heterocycles. The molecular formula is C9H14N4O2. The maximum atomic E-state index is 10.5. The van der Waals surface area contributed by atoms with E-state index in [1.165, 1.54) is 4.90 Å². The highest BCUT2D eigenvalue weighted by molar-refractivity contribution is 5.68. The maximum Gasteiger partial charge on any atom is 0.407 e. The lowest BCUT2D eigenvalue weighted by molar-refractivity contribution is 0.137. The van der Waals surface area contributed by atoms with Crippen molar-refractivity contribution in [2.24, 2.45) is 5.11 Å². The van der Waals surface area contributed by atoms with Gasteiger partial charge >= 0.3 is 6.09 Å². The van der Waals surface area contributed by atoms with Crippen molar-refractivity contribution in [2.45, 2.75) is 26.3 Å². The van der Waals surface area contributed by atoms with Crippen LogP contribution < -0.4 is 0 Å². The topological polar surface area (TPSA) is 89.3 Å². The fourth-order valence-corrected chi connectivity index (χ4v) is 1.41. The molecule has 1 aliphatic rings. The monoisotopic (exact) mass is 210 g/mol. The van der Waals surface area contributed by atoms with Gasteiger partial charge in [-0.25, -0.2) is 4.79 Å². The SMILES string of the molecule is CC(=C1CN(C(=O)O)C1)C(C)(C)N=[N+]=[N-]. The number of carboxylic acid groups (broad SMARTS) is 1. The molecule has 6 heteroatoms. The molecule has 82 valence electrons. The number of rotatable bonds is 2.